The Hall–Kier alpha value is -0.900. The lowest BCUT2D eigenvalue weighted by Gasteiger charge is -2.15. The summed E-state index contributed by atoms with van der Waals surface area (Å²) in [5.41, 5.74) is -0.494. The molecule has 4 heteroatoms. The van der Waals surface area contributed by atoms with Gasteiger partial charge in [0.2, 0.25) is 0 Å². The first kappa shape index (κ1) is 10.2. The van der Waals surface area contributed by atoms with Crippen molar-refractivity contribution >= 4 is 12.3 Å². The predicted octanol–water partition coefficient (Wildman–Crippen LogP) is 0.542. The van der Waals surface area contributed by atoms with E-state index in [1.807, 2.05) is 0 Å². The van der Waals surface area contributed by atoms with Crippen molar-refractivity contribution in [2.75, 3.05) is 6.61 Å². The Morgan fingerprint density at radius 3 is 2.54 bits per heavy atom. The quantitative estimate of drug-likeness (QED) is 0.367. The van der Waals surface area contributed by atoms with E-state index in [-0.39, 0.29) is 24.8 Å². The molecule has 1 aliphatic heterocycles. The second-order valence-electron chi connectivity index (χ2n) is 4.12. The van der Waals surface area contributed by atoms with Crippen LogP contribution in [0.1, 0.15) is 20.8 Å². The summed E-state index contributed by atoms with van der Waals surface area (Å²) in [5, 5.41) is 0. The highest BCUT2D eigenvalue weighted by Crippen LogP contribution is 2.22. The van der Waals surface area contributed by atoms with Crippen molar-refractivity contribution < 1.29 is 19.1 Å². The molecule has 0 aromatic carbocycles. The zero-order chi connectivity index (χ0) is 10.1. The Morgan fingerprint density at radius 2 is 2.15 bits per heavy atom. The van der Waals surface area contributed by atoms with E-state index in [0.717, 1.165) is 6.29 Å². The maximum atomic E-state index is 11.2. The summed E-state index contributed by atoms with van der Waals surface area (Å²) in [5.74, 6) is -0.271. The SMILES string of the molecule is CC(C)(C)C(=O)OC[C@H]1O[C@@H]1C=O. The molecule has 2 atom stereocenters. The highest BCUT2D eigenvalue weighted by molar-refractivity contribution is 5.75. The van der Waals surface area contributed by atoms with Crippen molar-refractivity contribution in [2.24, 2.45) is 5.41 Å². The van der Waals surface area contributed by atoms with Crippen LogP contribution in [0, 0.1) is 5.41 Å². The summed E-state index contributed by atoms with van der Waals surface area (Å²) < 4.78 is 9.82. The van der Waals surface area contributed by atoms with Crippen molar-refractivity contribution in [3.05, 3.63) is 0 Å². The molecule has 1 heterocycles. The third kappa shape index (κ3) is 2.81. The lowest BCUT2D eigenvalue weighted by molar-refractivity contribution is -0.153. The molecule has 13 heavy (non-hydrogen) atoms. The van der Waals surface area contributed by atoms with Crippen LogP contribution in [-0.4, -0.2) is 31.1 Å². The maximum Gasteiger partial charge on any atom is 0.311 e. The molecule has 1 rings (SSSR count). The molecule has 0 aromatic rings. The molecule has 0 amide bonds. The minimum Gasteiger partial charge on any atom is -0.462 e. The number of ether oxygens (including phenoxy) is 2. The van der Waals surface area contributed by atoms with Crippen LogP contribution in [0.5, 0.6) is 0 Å². The fraction of sp³-hybridized carbons (Fsp3) is 0.778. The van der Waals surface area contributed by atoms with Gasteiger partial charge in [0.1, 0.15) is 18.8 Å². The molecule has 4 nitrogen and oxygen atoms in total. The van der Waals surface area contributed by atoms with Crippen LogP contribution in [0.2, 0.25) is 0 Å². The standard InChI is InChI=1S/C9H14O4/c1-9(2,3)8(11)12-5-7-6(4-10)13-7/h4,6-7H,5H2,1-3H3/t6-,7-/m1/s1. The van der Waals surface area contributed by atoms with Gasteiger partial charge in [-0.25, -0.2) is 0 Å². The van der Waals surface area contributed by atoms with E-state index in [1.165, 1.54) is 0 Å². The van der Waals surface area contributed by atoms with Crippen molar-refractivity contribution in [2.45, 2.75) is 33.0 Å². The molecule has 0 bridgehead atoms. The molecule has 1 aliphatic rings. The number of rotatable bonds is 3. The second kappa shape index (κ2) is 3.46. The minimum atomic E-state index is -0.494. The molecular formula is C9H14O4. The summed E-state index contributed by atoms with van der Waals surface area (Å²) in [6, 6.07) is 0. The number of esters is 1. The highest BCUT2D eigenvalue weighted by Gasteiger charge is 2.40. The molecule has 1 saturated heterocycles. The minimum absolute atomic E-state index is 0.180. The fourth-order valence-electron chi connectivity index (χ4n) is 0.785. The van der Waals surface area contributed by atoms with Crippen molar-refractivity contribution in [1.82, 2.24) is 0 Å². The summed E-state index contributed by atoms with van der Waals surface area (Å²) in [4.78, 5) is 21.4. The molecule has 0 unspecified atom stereocenters. The van der Waals surface area contributed by atoms with Crippen molar-refractivity contribution in [1.29, 1.82) is 0 Å². The Labute approximate surface area is 77.2 Å². The summed E-state index contributed by atoms with van der Waals surface area (Å²) >= 11 is 0. The molecule has 0 radical (unpaired) electrons. The van der Waals surface area contributed by atoms with Crippen LogP contribution in [0.25, 0.3) is 0 Å². The van der Waals surface area contributed by atoms with Gasteiger partial charge in [-0.1, -0.05) is 0 Å². The third-order valence-corrected chi connectivity index (χ3v) is 1.75. The zero-order valence-corrected chi connectivity index (χ0v) is 8.07. The highest BCUT2D eigenvalue weighted by atomic mass is 16.6. The lowest BCUT2D eigenvalue weighted by atomic mass is 9.97. The van der Waals surface area contributed by atoms with Gasteiger partial charge in [-0.2, -0.15) is 0 Å². The van der Waals surface area contributed by atoms with Gasteiger partial charge in [0.15, 0.2) is 6.29 Å². The van der Waals surface area contributed by atoms with E-state index < -0.39 is 5.41 Å². The van der Waals surface area contributed by atoms with Crippen LogP contribution in [0.15, 0.2) is 0 Å². The van der Waals surface area contributed by atoms with Crippen molar-refractivity contribution in [3.8, 4) is 0 Å². The Bertz CT molecular complexity index is 216. The fourth-order valence-corrected chi connectivity index (χ4v) is 0.785. The molecule has 0 aliphatic carbocycles. The zero-order valence-electron chi connectivity index (χ0n) is 8.07. The Balaban J connectivity index is 2.21. The average Bonchev–Trinajstić information content (AvgIpc) is 2.76. The lowest BCUT2D eigenvalue weighted by Crippen LogP contribution is -2.24. The first-order chi connectivity index (χ1) is 5.95. The number of carbonyl (C=O) groups excluding carboxylic acids is 2. The smallest absolute Gasteiger partial charge is 0.311 e. The Kier molecular flexibility index (Phi) is 2.71. The molecule has 0 aromatic heterocycles. The van der Waals surface area contributed by atoms with E-state index in [9.17, 15) is 9.59 Å². The van der Waals surface area contributed by atoms with E-state index in [0.29, 0.717) is 0 Å². The monoisotopic (exact) mass is 186 g/mol. The van der Waals surface area contributed by atoms with Crippen LogP contribution < -0.4 is 0 Å². The van der Waals surface area contributed by atoms with Gasteiger partial charge in [-0.3, -0.25) is 4.79 Å². The topological polar surface area (TPSA) is 55.9 Å². The molecular weight excluding hydrogens is 172 g/mol. The van der Waals surface area contributed by atoms with E-state index >= 15 is 0 Å². The first-order valence-electron chi connectivity index (χ1n) is 4.23. The normalized spacial score (nSPS) is 26.7. The summed E-state index contributed by atoms with van der Waals surface area (Å²) in [6.07, 6.45) is 0.131. The summed E-state index contributed by atoms with van der Waals surface area (Å²) in [6.45, 7) is 5.51. The third-order valence-electron chi connectivity index (χ3n) is 1.75. The van der Waals surface area contributed by atoms with E-state index in [4.69, 9.17) is 9.47 Å². The number of epoxide rings is 1. The first-order valence-corrected chi connectivity index (χ1v) is 4.23. The van der Waals surface area contributed by atoms with Crippen LogP contribution in [-0.2, 0) is 19.1 Å². The van der Waals surface area contributed by atoms with Gasteiger partial charge in [-0.15, -0.1) is 0 Å². The predicted molar refractivity (Wildman–Crippen MR) is 45.1 cm³/mol. The van der Waals surface area contributed by atoms with Crippen LogP contribution in [0.4, 0.5) is 0 Å². The van der Waals surface area contributed by atoms with Crippen molar-refractivity contribution in [3.63, 3.8) is 0 Å². The van der Waals surface area contributed by atoms with E-state index in [1.54, 1.807) is 20.8 Å². The summed E-state index contributed by atoms with van der Waals surface area (Å²) in [7, 11) is 0. The number of hydrogen-bond acceptors (Lipinski definition) is 4. The van der Waals surface area contributed by atoms with Gasteiger partial charge in [0, 0.05) is 0 Å². The largest absolute Gasteiger partial charge is 0.462 e. The van der Waals surface area contributed by atoms with Gasteiger partial charge >= 0.3 is 5.97 Å². The van der Waals surface area contributed by atoms with Gasteiger partial charge < -0.3 is 14.3 Å². The molecule has 74 valence electrons. The van der Waals surface area contributed by atoms with E-state index in [2.05, 4.69) is 0 Å². The van der Waals surface area contributed by atoms with Gasteiger partial charge in [0.05, 0.1) is 5.41 Å². The van der Waals surface area contributed by atoms with Gasteiger partial charge in [0.25, 0.3) is 0 Å². The Morgan fingerprint density at radius 1 is 1.54 bits per heavy atom. The number of hydrogen-bond donors (Lipinski definition) is 0. The second-order valence-corrected chi connectivity index (χ2v) is 4.12. The molecule has 1 fully saturated rings. The number of aldehydes is 1. The molecule has 0 spiro atoms. The van der Waals surface area contributed by atoms with Crippen LogP contribution in [0.3, 0.4) is 0 Å². The molecule has 0 saturated carbocycles. The molecule has 0 N–H and O–H groups in total. The van der Waals surface area contributed by atoms with Gasteiger partial charge in [-0.05, 0) is 20.8 Å². The number of carbonyl (C=O) groups is 2. The average molecular weight is 186 g/mol. The van der Waals surface area contributed by atoms with Crippen LogP contribution >= 0.6 is 0 Å². The maximum absolute atomic E-state index is 11.2.